The Labute approximate surface area is 212 Å². The SMILES string of the molecule is COc1ccc(Cn2c(CCCOCc3ccccc3)nc3c(N)nc4cc(Br)ccc4c32)cc1. The van der Waals surface area contributed by atoms with Gasteiger partial charge >= 0.3 is 0 Å². The summed E-state index contributed by atoms with van der Waals surface area (Å²) in [4.78, 5) is 9.58. The van der Waals surface area contributed by atoms with E-state index in [-0.39, 0.29) is 0 Å². The molecule has 0 saturated heterocycles. The number of nitrogens with two attached hydrogens (primary N) is 1. The van der Waals surface area contributed by atoms with Gasteiger partial charge in [-0.25, -0.2) is 9.97 Å². The lowest BCUT2D eigenvalue weighted by Gasteiger charge is -2.12. The smallest absolute Gasteiger partial charge is 0.152 e. The average Bonchev–Trinajstić information content (AvgIpc) is 3.23. The number of halogens is 1. The summed E-state index contributed by atoms with van der Waals surface area (Å²) in [7, 11) is 1.68. The third-order valence-electron chi connectivity index (χ3n) is 6.05. The minimum Gasteiger partial charge on any atom is -0.497 e. The number of fused-ring (bicyclic) bond motifs is 3. The van der Waals surface area contributed by atoms with Crippen LogP contribution in [-0.4, -0.2) is 28.3 Å². The third-order valence-corrected chi connectivity index (χ3v) is 6.54. The number of hydrogen-bond acceptors (Lipinski definition) is 5. The molecular formula is C28H27BrN4O2. The van der Waals surface area contributed by atoms with E-state index in [9.17, 15) is 0 Å². The van der Waals surface area contributed by atoms with Gasteiger partial charge in [-0.2, -0.15) is 0 Å². The van der Waals surface area contributed by atoms with Crippen LogP contribution in [0.25, 0.3) is 21.9 Å². The van der Waals surface area contributed by atoms with Gasteiger partial charge in [-0.1, -0.05) is 58.4 Å². The van der Waals surface area contributed by atoms with Gasteiger partial charge in [0.05, 0.1) is 24.8 Å². The van der Waals surface area contributed by atoms with Crippen LogP contribution in [0, 0.1) is 0 Å². The van der Waals surface area contributed by atoms with E-state index in [0.717, 1.165) is 56.4 Å². The van der Waals surface area contributed by atoms with E-state index >= 15 is 0 Å². The molecule has 7 heteroatoms. The van der Waals surface area contributed by atoms with Crippen molar-refractivity contribution in [2.75, 3.05) is 19.5 Å². The molecule has 0 radical (unpaired) electrons. The standard InChI is InChI=1S/C28H27BrN4O2/c1-34-22-12-9-19(10-13-22)17-33-25(8-5-15-35-18-20-6-3-2-4-7-20)32-26-27(33)23-14-11-21(29)16-24(23)31-28(26)30/h2-4,6-7,9-14,16H,5,8,15,17-18H2,1H3,(H2,30,31). The van der Waals surface area contributed by atoms with Gasteiger partial charge < -0.3 is 19.8 Å². The second-order valence-electron chi connectivity index (χ2n) is 8.46. The molecule has 0 bridgehead atoms. The molecule has 0 unspecified atom stereocenters. The fraction of sp³-hybridized carbons (Fsp3) is 0.214. The zero-order chi connectivity index (χ0) is 24.2. The molecule has 35 heavy (non-hydrogen) atoms. The molecule has 0 aliphatic heterocycles. The molecule has 2 aromatic heterocycles. The highest BCUT2D eigenvalue weighted by Gasteiger charge is 2.18. The van der Waals surface area contributed by atoms with Crippen molar-refractivity contribution >= 4 is 43.7 Å². The van der Waals surface area contributed by atoms with Crippen molar-refractivity contribution in [1.82, 2.24) is 14.5 Å². The molecule has 0 amide bonds. The van der Waals surface area contributed by atoms with Crippen LogP contribution in [0.3, 0.4) is 0 Å². The van der Waals surface area contributed by atoms with Crippen molar-refractivity contribution in [3.63, 3.8) is 0 Å². The van der Waals surface area contributed by atoms with Crippen molar-refractivity contribution < 1.29 is 9.47 Å². The van der Waals surface area contributed by atoms with Crippen molar-refractivity contribution in [2.24, 2.45) is 0 Å². The highest BCUT2D eigenvalue weighted by Crippen LogP contribution is 2.31. The highest BCUT2D eigenvalue weighted by atomic mass is 79.9. The summed E-state index contributed by atoms with van der Waals surface area (Å²) in [6.07, 6.45) is 1.63. The summed E-state index contributed by atoms with van der Waals surface area (Å²) in [6, 6.07) is 24.5. The van der Waals surface area contributed by atoms with E-state index in [1.54, 1.807) is 7.11 Å². The van der Waals surface area contributed by atoms with Crippen LogP contribution in [0.5, 0.6) is 5.75 Å². The molecule has 2 heterocycles. The minimum atomic E-state index is 0.445. The molecule has 0 aliphatic rings. The summed E-state index contributed by atoms with van der Waals surface area (Å²) in [5, 5.41) is 1.03. The van der Waals surface area contributed by atoms with Crippen molar-refractivity contribution in [1.29, 1.82) is 0 Å². The Kier molecular flexibility index (Phi) is 6.97. The quantitative estimate of drug-likeness (QED) is 0.232. The topological polar surface area (TPSA) is 75.2 Å². The lowest BCUT2D eigenvalue weighted by molar-refractivity contribution is 0.118. The monoisotopic (exact) mass is 530 g/mol. The predicted octanol–water partition coefficient (Wildman–Crippen LogP) is 6.14. The third kappa shape index (κ3) is 5.16. The van der Waals surface area contributed by atoms with Gasteiger partial charge in [-0.3, -0.25) is 0 Å². The number of hydrogen-bond donors (Lipinski definition) is 1. The van der Waals surface area contributed by atoms with Gasteiger partial charge in [0.1, 0.15) is 17.1 Å². The number of nitrogen functional groups attached to an aromatic ring is 1. The number of anilines is 1. The number of aryl methyl sites for hydroxylation is 1. The van der Waals surface area contributed by atoms with Crippen LogP contribution in [0.4, 0.5) is 5.82 Å². The molecule has 5 rings (SSSR count). The Morgan fingerprint density at radius 3 is 2.51 bits per heavy atom. The zero-order valence-corrected chi connectivity index (χ0v) is 21.2. The van der Waals surface area contributed by atoms with Crippen LogP contribution >= 0.6 is 15.9 Å². The second kappa shape index (κ2) is 10.5. The highest BCUT2D eigenvalue weighted by molar-refractivity contribution is 9.10. The number of methoxy groups -OCH3 is 1. The minimum absolute atomic E-state index is 0.445. The zero-order valence-electron chi connectivity index (χ0n) is 19.6. The number of benzene rings is 3. The maximum absolute atomic E-state index is 6.38. The summed E-state index contributed by atoms with van der Waals surface area (Å²) < 4.78 is 14.5. The van der Waals surface area contributed by atoms with E-state index in [0.29, 0.717) is 25.6 Å². The number of pyridine rings is 1. The number of nitrogens with zero attached hydrogens (tertiary/aromatic N) is 3. The molecule has 5 aromatic rings. The first-order valence-electron chi connectivity index (χ1n) is 11.6. The van der Waals surface area contributed by atoms with Crippen LogP contribution in [0.1, 0.15) is 23.4 Å². The Morgan fingerprint density at radius 2 is 1.74 bits per heavy atom. The number of rotatable bonds is 9. The summed E-state index contributed by atoms with van der Waals surface area (Å²) >= 11 is 3.55. The molecule has 0 fully saturated rings. The van der Waals surface area contributed by atoms with E-state index in [4.69, 9.17) is 20.2 Å². The maximum Gasteiger partial charge on any atom is 0.152 e. The van der Waals surface area contributed by atoms with Gasteiger partial charge in [0.25, 0.3) is 0 Å². The predicted molar refractivity (Wildman–Crippen MR) is 144 cm³/mol. The first-order valence-corrected chi connectivity index (χ1v) is 12.4. The molecule has 6 nitrogen and oxygen atoms in total. The van der Waals surface area contributed by atoms with Gasteiger partial charge in [0.2, 0.25) is 0 Å². The number of ether oxygens (including phenoxy) is 2. The first-order chi connectivity index (χ1) is 17.1. The van der Waals surface area contributed by atoms with E-state index in [1.165, 1.54) is 5.56 Å². The Hall–Kier alpha value is -3.42. The molecule has 178 valence electrons. The Morgan fingerprint density at radius 1 is 0.943 bits per heavy atom. The molecular weight excluding hydrogens is 504 g/mol. The van der Waals surface area contributed by atoms with Gasteiger partial charge in [0, 0.05) is 29.4 Å². The maximum atomic E-state index is 6.38. The largest absolute Gasteiger partial charge is 0.497 e. The second-order valence-corrected chi connectivity index (χ2v) is 9.38. The normalized spacial score (nSPS) is 11.4. The van der Waals surface area contributed by atoms with Crippen LogP contribution in [0.2, 0.25) is 0 Å². The fourth-order valence-electron chi connectivity index (χ4n) is 4.30. The average molecular weight is 531 g/mol. The molecule has 0 saturated carbocycles. The van der Waals surface area contributed by atoms with Gasteiger partial charge in [-0.15, -0.1) is 0 Å². The Balaban J connectivity index is 1.46. The van der Waals surface area contributed by atoms with E-state index in [2.05, 4.69) is 55.8 Å². The van der Waals surface area contributed by atoms with Crippen molar-refractivity contribution in [2.45, 2.75) is 26.0 Å². The number of aromatic nitrogens is 3. The first kappa shape index (κ1) is 23.3. The summed E-state index contributed by atoms with van der Waals surface area (Å²) in [5.41, 5.74) is 11.3. The van der Waals surface area contributed by atoms with Crippen molar-refractivity contribution in [3.8, 4) is 5.75 Å². The van der Waals surface area contributed by atoms with E-state index in [1.807, 2.05) is 42.5 Å². The molecule has 0 spiro atoms. The van der Waals surface area contributed by atoms with Crippen LogP contribution in [0.15, 0.2) is 77.3 Å². The van der Waals surface area contributed by atoms with Crippen LogP contribution in [-0.2, 0) is 24.3 Å². The molecule has 2 N–H and O–H groups in total. The molecule has 3 aromatic carbocycles. The molecule has 0 atom stereocenters. The van der Waals surface area contributed by atoms with Crippen LogP contribution < -0.4 is 10.5 Å². The summed E-state index contributed by atoms with van der Waals surface area (Å²) in [5.74, 6) is 2.26. The lowest BCUT2D eigenvalue weighted by atomic mass is 10.1. The van der Waals surface area contributed by atoms with E-state index < -0.39 is 0 Å². The summed E-state index contributed by atoms with van der Waals surface area (Å²) in [6.45, 7) is 1.94. The number of imidazole rings is 1. The molecule has 0 aliphatic carbocycles. The fourth-order valence-corrected chi connectivity index (χ4v) is 4.65. The van der Waals surface area contributed by atoms with Crippen molar-refractivity contribution in [3.05, 3.63) is 94.2 Å². The van der Waals surface area contributed by atoms with Gasteiger partial charge in [0.15, 0.2) is 5.82 Å². The van der Waals surface area contributed by atoms with Gasteiger partial charge in [-0.05, 0) is 47.9 Å². The Bertz CT molecular complexity index is 1450. The lowest BCUT2D eigenvalue weighted by Crippen LogP contribution is -2.07.